The van der Waals surface area contributed by atoms with E-state index in [4.69, 9.17) is 42.6 Å². The van der Waals surface area contributed by atoms with Crippen LogP contribution in [0.2, 0.25) is 0 Å². The second-order valence-corrected chi connectivity index (χ2v) is 25.9. The van der Waals surface area contributed by atoms with Crippen LogP contribution >= 0.6 is 0 Å². The van der Waals surface area contributed by atoms with Crippen molar-refractivity contribution < 1.29 is 42.6 Å². The van der Waals surface area contributed by atoms with E-state index in [2.05, 4.69) is 231 Å². The Morgan fingerprint density at radius 1 is 0.242 bits per heavy atom. The van der Waals surface area contributed by atoms with Gasteiger partial charge in [0.2, 0.25) is 0 Å². The third-order valence-electron chi connectivity index (χ3n) is 19.6. The van der Waals surface area contributed by atoms with E-state index in [-0.39, 0.29) is 0 Å². The molecule has 1 aliphatic carbocycles. The summed E-state index contributed by atoms with van der Waals surface area (Å²) in [7, 11) is 0. The SMILES string of the molecule is CC1(C)c2ccc([nH]2)C2(C)c3ccc(cc3)OCCOc3c4cccc3Cc3cccc5c3OCCOCCOCCOCCOc3c(cccc3Cc3cccc(c3OCCOc3ccc(cc3)C(C)(c3ccc1[nH]3)c1ccc([nH]1)C(C)(C)c1ccc2[nH]1)C5)C4. The molecule has 0 radical (unpaired) electrons. The Kier molecular flexibility index (Phi) is 16.5. The lowest BCUT2D eigenvalue weighted by atomic mass is 9.76. The lowest BCUT2D eigenvalue weighted by Crippen LogP contribution is -2.29. The zero-order valence-corrected chi connectivity index (χ0v) is 53.2. The van der Waals surface area contributed by atoms with Crippen molar-refractivity contribution >= 4 is 0 Å². The lowest BCUT2D eigenvalue weighted by molar-refractivity contribution is 0.00484. The number of ether oxygens (including phenoxy) is 9. The number of hydrogen-bond acceptors (Lipinski definition) is 9. The maximum Gasteiger partial charge on any atom is 0.126 e. The van der Waals surface area contributed by atoms with E-state index in [9.17, 15) is 0 Å². The number of rotatable bonds is 0. The van der Waals surface area contributed by atoms with E-state index in [1.165, 1.54) is 0 Å². The van der Waals surface area contributed by atoms with Gasteiger partial charge in [-0.05, 0) is 170 Å². The molecule has 0 saturated carbocycles. The molecule has 19 rings (SSSR count). The van der Waals surface area contributed by atoms with Crippen LogP contribution in [0.4, 0.5) is 0 Å². The average Bonchev–Trinajstić information content (AvgIpc) is 1.66. The number of benzene rings is 6. The highest BCUT2D eigenvalue weighted by molar-refractivity contribution is 5.58. The number of aromatic nitrogens is 4. The monoisotopic (exact) mass is 1220 g/mol. The van der Waals surface area contributed by atoms with Gasteiger partial charge in [-0.2, -0.15) is 0 Å². The Hall–Kier alpha value is -8.88. The molecule has 12 heterocycles. The highest BCUT2D eigenvalue weighted by atomic mass is 16.6. The zero-order valence-electron chi connectivity index (χ0n) is 53.2. The van der Waals surface area contributed by atoms with E-state index >= 15 is 0 Å². The van der Waals surface area contributed by atoms with E-state index in [0.717, 1.165) is 136 Å². The Morgan fingerprint density at radius 2 is 0.462 bits per heavy atom. The largest absolute Gasteiger partial charge is 0.491 e. The van der Waals surface area contributed by atoms with Crippen LogP contribution in [-0.2, 0) is 61.6 Å². The molecule has 13 heteroatoms. The van der Waals surface area contributed by atoms with Crippen molar-refractivity contribution in [2.24, 2.45) is 0 Å². The summed E-state index contributed by atoms with van der Waals surface area (Å²) in [4.78, 5) is 16.0. The first-order valence-corrected chi connectivity index (χ1v) is 32.3. The summed E-state index contributed by atoms with van der Waals surface area (Å²) < 4.78 is 59.2. The molecular formula is C78H82N4O9. The van der Waals surface area contributed by atoms with Crippen LogP contribution in [0, 0.1) is 0 Å². The molecule has 468 valence electrons. The average molecular weight is 1220 g/mol. The van der Waals surface area contributed by atoms with Crippen molar-refractivity contribution in [3.63, 3.8) is 0 Å². The Morgan fingerprint density at radius 3 is 0.725 bits per heavy atom. The maximum absolute atomic E-state index is 7.05. The summed E-state index contributed by atoms with van der Waals surface area (Å²) >= 11 is 0. The molecule has 6 aromatic carbocycles. The summed E-state index contributed by atoms with van der Waals surface area (Å²) in [6.45, 7) is 18.3. The summed E-state index contributed by atoms with van der Waals surface area (Å²) in [5.41, 5.74) is 17.1. The summed E-state index contributed by atoms with van der Waals surface area (Å²) in [6.07, 6.45) is 2.18. The molecule has 0 fully saturated rings. The Labute approximate surface area is 533 Å². The number of nitrogens with one attached hydrogen (secondary N) is 4. The standard InChI is InChI=1S/C78H82N4O9/c1-75(2)63-27-31-67(79-63)77(5)59-19-23-61(24-20-59)86-43-45-90-73-55-15-9-16-56(73)48-52-12-8-14-54-50-58-18-10-17-57(49-53-13-7-11-51(47-55)71(53)88-41-39-84-37-35-83-36-38-85-40-42-89-72(52)54)74(58)91-46-44-87-62-25-21-60(22-26-62)78(6,68-32-28-64(75)80-68)70-34-30-66(82-70)76(3,4)65-29-33-69(77)81-65/h7-34,79-82H,35-50H2,1-6H3. The Balaban J connectivity index is 0.903. The smallest absolute Gasteiger partial charge is 0.126 e. The third-order valence-corrected chi connectivity index (χ3v) is 19.6. The fourth-order valence-electron chi connectivity index (χ4n) is 14.0. The molecule has 9 aliphatic rings. The van der Waals surface area contributed by atoms with Crippen LogP contribution in [-0.4, -0.2) is 99.2 Å². The van der Waals surface area contributed by atoms with Gasteiger partial charge in [-0.3, -0.25) is 0 Å². The molecule has 10 aromatic rings. The van der Waals surface area contributed by atoms with E-state index in [0.29, 0.717) is 105 Å². The van der Waals surface area contributed by atoms with Gasteiger partial charge in [-0.15, -0.1) is 0 Å². The molecular weight excluding hydrogens is 1140 g/mol. The fraction of sp³-hybridized carbons (Fsp3) is 0.333. The number of H-pyrrole nitrogens is 4. The van der Waals surface area contributed by atoms with Gasteiger partial charge in [-0.25, -0.2) is 0 Å². The predicted octanol–water partition coefficient (Wildman–Crippen LogP) is 14.4. The van der Waals surface area contributed by atoms with Crippen molar-refractivity contribution in [3.05, 3.63) is 271 Å². The molecule has 0 unspecified atom stereocenters. The Bertz CT molecular complexity index is 3740. The van der Waals surface area contributed by atoms with Crippen molar-refractivity contribution in [1.29, 1.82) is 0 Å². The first-order chi connectivity index (χ1) is 44.3. The predicted molar refractivity (Wildman–Crippen MR) is 354 cm³/mol. The summed E-state index contributed by atoms with van der Waals surface area (Å²) in [6, 6.07) is 61.1. The lowest BCUT2D eigenvalue weighted by Gasteiger charge is -2.32. The quantitative estimate of drug-likeness (QED) is 0.117. The minimum atomic E-state index is -0.620. The highest BCUT2D eigenvalue weighted by Crippen LogP contribution is 2.47. The summed E-state index contributed by atoms with van der Waals surface area (Å²) in [5.74, 6) is 4.76. The number of aromatic amines is 4. The molecule has 8 aliphatic heterocycles. The number of fused-ring (bicyclic) bond motifs is 2. The van der Waals surface area contributed by atoms with Gasteiger partial charge in [0, 0.05) is 82.1 Å². The van der Waals surface area contributed by atoms with Crippen molar-refractivity contribution in [2.75, 3.05) is 79.3 Å². The van der Waals surface area contributed by atoms with Crippen LogP contribution in [0.25, 0.3) is 0 Å². The normalized spacial score (nSPS) is 20.2. The molecule has 0 saturated heterocycles. The van der Waals surface area contributed by atoms with E-state index < -0.39 is 21.7 Å². The van der Waals surface area contributed by atoms with Gasteiger partial charge in [0.05, 0.1) is 50.5 Å². The maximum atomic E-state index is 7.05. The van der Waals surface area contributed by atoms with Gasteiger partial charge in [-0.1, -0.05) is 97.1 Å². The van der Waals surface area contributed by atoms with Gasteiger partial charge >= 0.3 is 0 Å². The second kappa shape index (κ2) is 25.1. The van der Waals surface area contributed by atoms with Gasteiger partial charge in [0.1, 0.15) is 74.1 Å². The second-order valence-electron chi connectivity index (χ2n) is 25.9. The van der Waals surface area contributed by atoms with Gasteiger partial charge in [0.25, 0.3) is 0 Å². The molecule has 4 N–H and O–H groups in total. The molecule has 0 spiro atoms. The highest BCUT2D eigenvalue weighted by Gasteiger charge is 2.41. The molecule has 26 bridgehead atoms. The number of para-hydroxylation sites is 4. The van der Waals surface area contributed by atoms with Gasteiger partial charge in [0.15, 0.2) is 0 Å². The van der Waals surface area contributed by atoms with Crippen LogP contribution in [0.3, 0.4) is 0 Å². The minimum absolute atomic E-state index is 0.301. The third kappa shape index (κ3) is 11.6. The van der Waals surface area contributed by atoms with E-state index in [1.807, 2.05) is 0 Å². The van der Waals surface area contributed by atoms with Crippen molar-refractivity contribution in [3.8, 4) is 34.5 Å². The first kappa shape index (κ1) is 59.7. The van der Waals surface area contributed by atoms with Crippen molar-refractivity contribution in [1.82, 2.24) is 19.9 Å². The van der Waals surface area contributed by atoms with Crippen LogP contribution in [0.5, 0.6) is 34.5 Å². The topological polar surface area (TPSA) is 146 Å². The molecule has 4 aromatic heterocycles. The van der Waals surface area contributed by atoms with E-state index in [1.54, 1.807) is 0 Å². The summed E-state index contributed by atoms with van der Waals surface area (Å²) in [5, 5.41) is 0. The zero-order chi connectivity index (χ0) is 62.2. The fourth-order valence-corrected chi connectivity index (χ4v) is 14.0. The van der Waals surface area contributed by atoms with Gasteiger partial charge < -0.3 is 62.6 Å². The van der Waals surface area contributed by atoms with Crippen LogP contribution in [0.15, 0.2) is 170 Å². The number of hydrogen-bond donors (Lipinski definition) is 4. The molecule has 13 nitrogen and oxygen atoms in total. The van der Waals surface area contributed by atoms with Crippen molar-refractivity contribution in [2.45, 2.75) is 88.9 Å². The first-order valence-electron chi connectivity index (χ1n) is 32.3. The van der Waals surface area contributed by atoms with Crippen LogP contribution in [0.1, 0.15) is 143 Å². The molecule has 0 atom stereocenters. The molecule has 91 heavy (non-hydrogen) atoms. The van der Waals surface area contributed by atoms with Crippen LogP contribution < -0.4 is 28.4 Å². The molecule has 0 amide bonds. The minimum Gasteiger partial charge on any atom is -0.491 e.